The Morgan fingerprint density at radius 3 is 2.94 bits per heavy atom. The van der Waals surface area contributed by atoms with Crippen molar-refractivity contribution in [3.63, 3.8) is 0 Å². The second-order valence-corrected chi connectivity index (χ2v) is 5.93. The van der Waals surface area contributed by atoms with Crippen LogP contribution in [0.3, 0.4) is 0 Å². The van der Waals surface area contributed by atoms with Crippen molar-refractivity contribution in [2.24, 2.45) is 0 Å². The molecule has 0 aliphatic carbocycles. The predicted molar refractivity (Wildman–Crippen MR) is 76.3 cm³/mol. The normalized spacial score (nSPS) is 15.3. The van der Waals surface area contributed by atoms with E-state index in [0.717, 1.165) is 37.4 Å². The van der Waals surface area contributed by atoms with E-state index in [1.54, 1.807) is 11.3 Å². The molecule has 1 amide bonds. The lowest BCUT2D eigenvalue weighted by atomic mass is 10.1. The van der Waals surface area contributed by atoms with E-state index < -0.39 is 0 Å². The highest BCUT2D eigenvalue weighted by Gasteiger charge is 2.10. The first-order chi connectivity index (χ1) is 8.66. The van der Waals surface area contributed by atoms with Gasteiger partial charge in [0.05, 0.1) is 4.88 Å². The fourth-order valence-electron chi connectivity index (χ4n) is 2.01. The molecule has 1 aromatic rings. The van der Waals surface area contributed by atoms with E-state index in [1.807, 2.05) is 13.0 Å². The van der Waals surface area contributed by atoms with Crippen LogP contribution in [-0.2, 0) is 0 Å². The van der Waals surface area contributed by atoms with Crippen LogP contribution in [0.1, 0.15) is 33.0 Å². The maximum Gasteiger partial charge on any atom is 0.261 e. The molecule has 18 heavy (non-hydrogen) atoms. The third kappa shape index (κ3) is 3.43. The Hall–Kier alpha value is -1.13. The Kier molecular flexibility index (Phi) is 4.55. The number of hydrogen-bond acceptors (Lipinski definition) is 3. The van der Waals surface area contributed by atoms with Crippen molar-refractivity contribution >= 4 is 17.2 Å². The number of hydrogen-bond donors (Lipinski definition) is 2. The smallest absolute Gasteiger partial charge is 0.261 e. The minimum Gasteiger partial charge on any atom is -0.351 e. The molecule has 0 unspecified atom stereocenters. The van der Waals surface area contributed by atoms with Crippen LogP contribution in [0, 0.1) is 13.8 Å². The molecule has 1 aliphatic rings. The van der Waals surface area contributed by atoms with Crippen LogP contribution < -0.4 is 10.6 Å². The van der Waals surface area contributed by atoms with E-state index in [4.69, 9.17) is 0 Å². The van der Waals surface area contributed by atoms with Gasteiger partial charge in [0.1, 0.15) is 0 Å². The van der Waals surface area contributed by atoms with Gasteiger partial charge >= 0.3 is 0 Å². The van der Waals surface area contributed by atoms with Gasteiger partial charge < -0.3 is 10.6 Å². The first-order valence-corrected chi connectivity index (χ1v) is 7.22. The van der Waals surface area contributed by atoms with Gasteiger partial charge in [-0.05, 0) is 44.9 Å². The molecule has 0 radical (unpaired) electrons. The molecule has 0 atom stereocenters. The molecule has 2 heterocycles. The number of aryl methyl sites for hydroxylation is 2. The first-order valence-electron chi connectivity index (χ1n) is 6.40. The molecule has 0 saturated heterocycles. The zero-order valence-electron chi connectivity index (χ0n) is 11.0. The third-order valence-electron chi connectivity index (χ3n) is 3.28. The number of thiophene rings is 1. The van der Waals surface area contributed by atoms with Crippen LogP contribution in [0.2, 0.25) is 0 Å². The van der Waals surface area contributed by atoms with E-state index in [-0.39, 0.29) is 5.91 Å². The Balaban J connectivity index is 1.79. The van der Waals surface area contributed by atoms with Crippen molar-refractivity contribution in [3.05, 3.63) is 33.0 Å². The summed E-state index contributed by atoms with van der Waals surface area (Å²) < 4.78 is 0. The van der Waals surface area contributed by atoms with Gasteiger partial charge in [-0.15, -0.1) is 11.3 Å². The lowest BCUT2D eigenvalue weighted by Crippen LogP contribution is -2.26. The number of carbonyl (C=O) groups excluding carboxylic acids is 1. The number of amides is 1. The van der Waals surface area contributed by atoms with Crippen molar-refractivity contribution < 1.29 is 4.79 Å². The second kappa shape index (κ2) is 6.16. The summed E-state index contributed by atoms with van der Waals surface area (Å²) in [6.07, 6.45) is 4.30. The Labute approximate surface area is 112 Å². The lowest BCUT2D eigenvalue weighted by Gasteiger charge is -2.13. The molecule has 98 valence electrons. The molecular weight excluding hydrogens is 244 g/mol. The van der Waals surface area contributed by atoms with Gasteiger partial charge in [-0.25, -0.2) is 0 Å². The van der Waals surface area contributed by atoms with Gasteiger partial charge in [-0.2, -0.15) is 0 Å². The van der Waals surface area contributed by atoms with E-state index in [0.29, 0.717) is 0 Å². The third-order valence-corrected chi connectivity index (χ3v) is 4.43. The van der Waals surface area contributed by atoms with Gasteiger partial charge in [0, 0.05) is 18.0 Å². The van der Waals surface area contributed by atoms with Crippen molar-refractivity contribution in [2.75, 3.05) is 19.6 Å². The van der Waals surface area contributed by atoms with Crippen LogP contribution in [0.15, 0.2) is 17.7 Å². The van der Waals surface area contributed by atoms with Crippen LogP contribution in [0.25, 0.3) is 0 Å². The molecule has 2 rings (SSSR count). The molecule has 0 spiro atoms. The largest absolute Gasteiger partial charge is 0.351 e. The molecule has 1 aromatic heterocycles. The number of nitrogens with one attached hydrogen (secondary N) is 2. The quantitative estimate of drug-likeness (QED) is 0.820. The van der Waals surface area contributed by atoms with Gasteiger partial charge in [0.2, 0.25) is 0 Å². The lowest BCUT2D eigenvalue weighted by molar-refractivity contribution is 0.0958. The standard InChI is InChI=1S/C14H20N2OS/c1-10-9-13(18-11(10)2)14(17)16-8-5-12-3-6-15-7-4-12/h3,9,15H,4-8H2,1-2H3,(H,16,17). The molecule has 0 aromatic carbocycles. The molecule has 0 fully saturated rings. The molecule has 1 aliphatic heterocycles. The van der Waals surface area contributed by atoms with Crippen molar-refractivity contribution in [2.45, 2.75) is 26.7 Å². The van der Waals surface area contributed by atoms with Crippen molar-refractivity contribution in [1.82, 2.24) is 10.6 Å². The zero-order valence-corrected chi connectivity index (χ0v) is 11.8. The van der Waals surface area contributed by atoms with Gasteiger partial charge in [0.15, 0.2) is 0 Å². The molecule has 3 nitrogen and oxygen atoms in total. The SMILES string of the molecule is Cc1cc(C(=O)NCCC2=CCNCC2)sc1C. The van der Waals surface area contributed by atoms with Crippen molar-refractivity contribution in [1.29, 1.82) is 0 Å². The minimum absolute atomic E-state index is 0.0609. The van der Waals surface area contributed by atoms with Gasteiger partial charge in [-0.3, -0.25) is 4.79 Å². The average molecular weight is 264 g/mol. The van der Waals surface area contributed by atoms with Gasteiger partial charge in [0.25, 0.3) is 5.91 Å². The van der Waals surface area contributed by atoms with Gasteiger partial charge in [-0.1, -0.05) is 11.6 Å². The summed E-state index contributed by atoms with van der Waals surface area (Å²) in [4.78, 5) is 14.0. The Morgan fingerprint density at radius 2 is 2.33 bits per heavy atom. The summed E-state index contributed by atoms with van der Waals surface area (Å²) in [5.74, 6) is 0.0609. The summed E-state index contributed by atoms with van der Waals surface area (Å²) in [5, 5.41) is 6.28. The van der Waals surface area contributed by atoms with E-state index in [9.17, 15) is 4.79 Å². The monoisotopic (exact) mass is 264 g/mol. The first kappa shape index (κ1) is 13.3. The van der Waals surface area contributed by atoms with E-state index in [2.05, 4.69) is 23.6 Å². The predicted octanol–water partition coefficient (Wildman–Crippen LogP) is 2.40. The topological polar surface area (TPSA) is 41.1 Å². The maximum atomic E-state index is 11.9. The summed E-state index contributed by atoms with van der Waals surface area (Å²) in [6, 6.07) is 1.97. The van der Waals surface area contributed by atoms with E-state index in [1.165, 1.54) is 16.0 Å². The molecule has 0 bridgehead atoms. The maximum absolute atomic E-state index is 11.9. The number of carbonyl (C=O) groups is 1. The van der Waals surface area contributed by atoms with Crippen LogP contribution in [0.4, 0.5) is 0 Å². The van der Waals surface area contributed by atoms with Crippen LogP contribution in [0.5, 0.6) is 0 Å². The average Bonchev–Trinajstić information content (AvgIpc) is 2.71. The van der Waals surface area contributed by atoms with Crippen LogP contribution in [-0.4, -0.2) is 25.5 Å². The summed E-state index contributed by atoms with van der Waals surface area (Å²) in [7, 11) is 0. The highest BCUT2D eigenvalue weighted by Crippen LogP contribution is 2.20. The van der Waals surface area contributed by atoms with Crippen molar-refractivity contribution in [3.8, 4) is 0 Å². The molecule has 4 heteroatoms. The summed E-state index contributed by atoms with van der Waals surface area (Å²) >= 11 is 1.57. The molecule has 0 saturated carbocycles. The highest BCUT2D eigenvalue weighted by molar-refractivity contribution is 7.14. The molecule has 2 N–H and O–H groups in total. The minimum atomic E-state index is 0.0609. The van der Waals surface area contributed by atoms with E-state index >= 15 is 0 Å². The Bertz CT molecular complexity index is 443. The zero-order chi connectivity index (χ0) is 13.0. The fourth-order valence-corrected chi connectivity index (χ4v) is 2.96. The second-order valence-electron chi connectivity index (χ2n) is 4.67. The Morgan fingerprint density at radius 1 is 1.50 bits per heavy atom. The summed E-state index contributed by atoms with van der Waals surface area (Å²) in [6.45, 7) is 6.86. The fraction of sp³-hybridized carbons (Fsp3) is 0.500. The molecular formula is C14H20N2OS. The number of rotatable bonds is 4. The summed E-state index contributed by atoms with van der Waals surface area (Å²) in [5.41, 5.74) is 2.65. The van der Waals surface area contributed by atoms with Crippen LogP contribution >= 0.6 is 11.3 Å². The highest BCUT2D eigenvalue weighted by atomic mass is 32.1.